The number of rotatable bonds is 4. The van der Waals surface area contributed by atoms with E-state index in [0.717, 1.165) is 0 Å². The van der Waals surface area contributed by atoms with Crippen LogP contribution < -0.4 is 58.0 Å². The van der Waals surface area contributed by atoms with E-state index in [1.165, 1.54) is 60.1 Å². The first-order chi connectivity index (χ1) is 15.1. The zero-order valence-electron chi connectivity index (χ0n) is 22.5. The van der Waals surface area contributed by atoms with Gasteiger partial charge in [-0.25, -0.2) is 12.1 Å². The Hall–Kier alpha value is -1.19. The van der Waals surface area contributed by atoms with Crippen LogP contribution in [0.15, 0.2) is 66.7 Å². The van der Waals surface area contributed by atoms with E-state index in [1.54, 1.807) is 5.19 Å². The molecule has 0 aromatic heterocycles. The summed E-state index contributed by atoms with van der Waals surface area (Å²) in [4.78, 5) is 0. The average Bonchev–Trinajstić information content (AvgIpc) is 3.00. The molecule has 0 fully saturated rings. The van der Waals surface area contributed by atoms with Gasteiger partial charge in [-0.3, -0.25) is 0 Å². The second kappa shape index (κ2) is 13.6. The van der Waals surface area contributed by atoms with Crippen molar-refractivity contribution in [2.45, 2.75) is 55.4 Å². The van der Waals surface area contributed by atoms with E-state index >= 15 is 0 Å². The van der Waals surface area contributed by atoms with E-state index < -0.39 is 8.07 Å². The van der Waals surface area contributed by atoms with Gasteiger partial charge in [0.1, 0.15) is 8.07 Å². The fraction of sp³-hybridized carbons (Fsp3) is 0.258. The summed E-state index contributed by atoms with van der Waals surface area (Å²) in [5.41, 5.74) is 10.9. The molecule has 0 aliphatic heterocycles. The van der Waals surface area contributed by atoms with Gasteiger partial charge in [-0.1, -0.05) is 117 Å². The number of hydrogen-bond acceptors (Lipinski definition) is 0. The van der Waals surface area contributed by atoms with Crippen molar-refractivity contribution in [1.29, 1.82) is 0 Å². The van der Waals surface area contributed by atoms with Crippen molar-refractivity contribution in [2.75, 3.05) is 0 Å². The van der Waals surface area contributed by atoms with Gasteiger partial charge in [0.25, 0.3) is 0 Å². The molecule has 0 aliphatic rings. The Labute approximate surface area is 252 Å². The molecular weight excluding hydrogens is 555 g/mol. The molecule has 0 aliphatic carbocycles. The standard InChI is InChI=1S/C31H35Si.3ClH.Ti/c1-20-11-21(2)15-28(14-20)32(31-26(7)9-10-27(31)8,29-16-22(3)12-23(4)17-29)30-18-24(5)13-25(6)19-30;;;;/h9-19H,1-8H3;3*1H;/q-1;;;;+4/p-3. The van der Waals surface area contributed by atoms with E-state index in [1.807, 2.05) is 0 Å². The van der Waals surface area contributed by atoms with Gasteiger partial charge in [0.2, 0.25) is 0 Å². The molecule has 0 spiro atoms. The third kappa shape index (κ3) is 6.44. The van der Waals surface area contributed by atoms with Crippen molar-refractivity contribution in [3.63, 3.8) is 0 Å². The van der Waals surface area contributed by atoms with Crippen LogP contribution in [0, 0.1) is 55.4 Å². The molecule has 0 N–H and O–H groups in total. The number of halogens is 3. The SMILES string of the molecule is Cc1cc(C)cc([Si](c2cc(C)cc(C)c2)(c2cc(C)cc(C)c2)[c-]2c(C)ccc2C)c1.[Cl-].[Cl-].[Cl-].[Ti+4]. The maximum atomic E-state index is 2.46. The summed E-state index contributed by atoms with van der Waals surface area (Å²) < 4.78 is 0. The first kappa shape index (κ1) is 34.8. The minimum Gasteiger partial charge on any atom is -1.00 e. The van der Waals surface area contributed by atoms with Crippen LogP contribution in [0.5, 0.6) is 0 Å². The summed E-state index contributed by atoms with van der Waals surface area (Å²) >= 11 is 0. The molecular formula is C31H35Cl3SiTi. The predicted molar refractivity (Wildman–Crippen MR) is 144 cm³/mol. The van der Waals surface area contributed by atoms with Gasteiger partial charge in [-0.15, -0.1) is 5.19 Å². The van der Waals surface area contributed by atoms with Crippen molar-refractivity contribution in [1.82, 2.24) is 0 Å². The molecule has 4 aromatic rings. The summed E-state index contributed by atoms with van der Waals surface area (Å²) in [6, 6.07) is 26.3. The largest absolute Gasteiger partial charge is 4.00 e. The van der Waals surface area contributed by atoms with Crippen molar-refractivity contribution in [3.05, 3.63) is 111 Å². The van der Waals surface area contributed by atoms with E-state index in [4.69, 9.17) is 0 Å². The molecule has 0 bridgehead atoms. The van der Waals surface area contributed by atoms with Crippen LogP contribution in [0.2, 0.25) is 0 Å². The summed E-state index contributed by atoms with van der Waals surface area (Å²) in [7, 11) is -2.53. The van der Waals surface area contributed by atoms with Gasteiger partial charge in [-0.2, -0.15) is 11.1 Å². The first-order valence-electron chi connectivity index (χ1n) is 11.6. The van der Waals surface area contributed by atoms with Crippen LogP contribution in [0.1, 0.15) is 44.5 Å². The third-order valence-electron chi connectivity index (χ3n) is 6.71. The van der Waals surface area contributed by atoms with Crippen molar-refractivity contribution < 1.29 is 58.9 Å². The normalized spacial score (nSPS) is 10.4. The Bertz CT molecular complexity index is 1120. The van der Waals surface area contributed by atoms with Crippen LogP contribution in [-0.2, 0) is 21.7 Å². The Morgan fingerprint density at radius 1 is 0.417 bits per heavy atom. The fourth-order valence-corrected chi connectivity index (χ4v) is 11.7. The summed E-state index contributed by atoms with van der Waals surface area (Å²) in [5, 5.41) is 6.02. The van der Waals surface area contributed by atoms with E-state index in [9.17, 15) is 0 Å². The molecule has 0 amide bonds. The summed E-state index contributed by atoms with van der Waals surface area (Å²) in [6.45, 7) is 18.0. The van der Waals surface area contributed by atoms with Crippen LogP contribution in [0.4, 0.5) is 0 Å². The molecule has 4 aromatic carbocycles. The van der Waals surface area contributed by atoms with Crippen LogP contribution in [0.25, 0.3) is 0 Å². The van der Waals surface area contributed by atoms with Crippen molar-refractivity contribution >= 4 is 28.8 Å². The molecule has 0 heterocycles. The van der Waals surface area contributed by atoms with E-state index in [0.29, 0.717) is 0 Å². The molecule has 36 heavy (non-hydrogen) atoms. The Kier molecular flexibility index (Phi) is 13.1. The molecule has 0 saturated heterocycles. The molecule has 4 rings (SSSR count). The van der Waals surface area contributed by atoms with Gasteiger partial charge in [0.15, 0.2) is 0 Å². The zero-order valence-corrected chi connectivity index (χ0v) is 27.3. The molecule has 0 atom stereocenters. The quantitative estimate of drug-likeness (QED) is 0.131. The molecule has 0 saturated carbocycles. The minimum atomic E-state index is -2.53. The second-order valence-electron chi connectivity index (χ2n) is 9.95. The fourth-order valence-electron chi connectivity index (χ4n) is 5.83. The van der Waals surface area contributed by atoms with Gasteiger partial charge in [-0.05, 0) is 41.5 Å². The monoisotopic (exact) mass is 588 g/mol. The average molecular weight is 590 g/mol. The smallest absolute Gasteiger partial charge is 1.00 e. The molecule has 5 heteroatoms. The molecule has 0 unspecified atom stereocenters. The Morgan fingerprint density at radius 3 is 0.861 bits per heavy atom. The van der Waals surface area contributed by atoms with Crippen LogP contribution in [0.3, 0.4) is 0 Å². The van der Waals surface area contributed by atoms with Gasteiger partial charge in [0.05, 0.1) is 0 Å². The first-order valence-corrected chi connectivity index (χ1v) is 13.6. The van der Waals surface area contributed by atoms with Gasteiger partial charge >= 0.3 is 21.7 Å². The number of aryl methyl sites for hydroxylation is 8. The predicted octanol–water partition coefficient (Wildman–Crippen LogP) is -3.74. The van der Waals surface area contributed by atoms with Crippen molar-refractivity contribution in [2.24, 2.45) is 0 Å². The van der Waals surface area contributed by atoms with Gasteiger partial charge < -0.3 is 37.2 Å². The summed E-state index contributed by atoms with van der Waals surface area (Å²) in [6.07, 6.45) is 0. The van der Waals surface area contributed by atoms with Crippen molar-refractivity contribution in [3.8, 4) is 0 Å². The number of benzene rings is 3. The molecule has 188 valence electrons. The van der Waals surface area contributed by atoms with Crippen LogP contribution >= 0.6 is 0 Å². The van der Waals surface area contributed by atoms with Gasteiger partial charge in [0, 0.05) is 0 Å². The zero-order chi connectivity index (χ0) is 23.2. The molecule has 0 radical (unpaired) electrons. The van der Waals surface area contributed by atoms with Crippen LogP contribution in [-0.4, -0.2) is 8.07 Å². The maximum Gasteiger partial charge on any atom is 4.00 e. The summed E-state index contributed by atoms with van der Waals surface area (Å²) in [5.74, 6) is 0. The Morgan fingerprint density at radius 2 is 0.639 bits per heavy atom. The Balaban J connectivity index is 0.00000306. The van der Waals surface area contributed by atoms with E-state index in [2.05, 4.69) is 122 Å². The number of hydrogen-bond donors (Lipinski definition) is 0. The van der Waals surface area contributed by atoms with E-state index in [-0.39, 0.29) is 58.9 Å². The topological polar surface area (TPSA) is 0 Å². The maximum absolute atomic E-state index is 2.53. The minimum absolute atomic E-state index is 0. The third-order valence-corrected chi connectivity index (χ3v) is 11.7. The molecule has 0 nitrogen and oxygen atoms in total. The second-order valence-corrected chi connectivity index (χ2v) is 13.7.